The largest absolute Gasteiger partial charge is 0.333 e. The van der Waals surface area contributed by atoms with Crippen LogP contribution in [0.1, 0.15) is 64.0 Å². The summed E-state index contributed by atoms with van der Waals surface area (Å²) in [4.78, 5) is 14.5. The number of hydrogen-bond acceptors (Lipinski definition) is 5. The molecule has 2 fully saturated rings. The second kappa shape index (κ2) is 6.55. The Bertz CT molecular complexity index is 835. The van der Waals surface area contributed by atoms with Gasteiger partial charge in [-0.05, 0) is 39.5 Å². The molecule has 1 saturated carbocycles. The minimum Gasteiger partial charge on any atom is -0.333 e. The van der Waals surface area contributed by atoms with E-state index in [0.29, 0.717) is 26.2 Å². The number of amides is 1. The first-order valence-electron chi connectivity index (χ1n) is 9.93. The Morgan fingerprint density at radius 1 is 1.11 bits per heavy atom. The molecule has 3 aliphatic rings. The Kier molecular flexibility index (Phi) is 4.57. The molecule has 27 heavy (non-hydrogen) atoms. The van der Waals surface area contributed by atoms with Crippen LogP contribution in [0.4, 0.5) is 0 Å². The molecule has 0 spiro atoms. The molecule has 2 aliphatic heterocycles. The van der Waals surface area contributed by atoms with E-state index in [1.165, 1.54) is 0 Å². The molecular weight excluding hydrogens is 366 g/mol. The van der Waals surface area contributed by atoms with Crippen molar-refractivity contribution in [3.8, 4) is 0 Å². The van der Waals surface area contributed by atoms with E-state index in [9.17, 15) is 13.2 Å². The molecule has 9 heteroatoms. The zero-order valence-corrected chi connectivity index (χ0v) is 17.2. The minimum absolute atomic E-state index is 0.153. The number of carbonyl (C=O) groups is 1. The fraction of sp³-hybridized carbons (Fsp3) is 0.833. The summed E-state index contributed by atoms with van der Waals surface area (Å²) >= 11 is 0. The molecule has 1 amide bonds. The molecule has 0 atom stereocenters. The topological polar surface area (TPSA) is 88.4 Å². The van der Waals surface area contributed by atoms with Gasteiger partial charge in [0.25, 0.3) is 0 Å². The third kappa shape index (κ3) is 3.29. The highest BCUT2D eigenvalue weighted by Crippen LogP contribution is 2.47. The van der Waals surface area contributed by atoms with Crippen molar-refractivity contribution in [1.82, 2.24) is 24.0 Å². The van der Waals surface area contributed by atoms with Gasteiger partial charge in [-0.3, -0.25) is 4.79 Å². The summed E-state index contributed by atoms with van der Waals surface area (Å²) in [5.41, 5.74) is -0.153. The van der Waals surface area contributed by atoms with E-state index in [-0.39, 0.29) is 22.5 Å². The molecule has 3 heterocycles. The van der Waals surface area contributed by atoms with Crippen LogP contribution in [0, 0.1) is 5.41 Å². The number of aromatic nitrogens is 3. The van der Waals surface area contributed by atoms with Crippen molar-refractivity contribution in [3.63, 3.8) is 0 Å². The average molecular weight is 396 g/mol. The van der Waals surface area contributed by atoms with Gasteiger partial charge >= 0.3 is 0 Å². The zero-order valence-electron chi connectivity index (χ0n) is 16.4. The summed E-state index contributed by atoms with van der Waals surface area (Å²) in [6.07, 6.45) is 3.51. The average Bonchev–Trinajstić information content (AvgIpc) is 3.27. The van der Waals surface area contributed by atoms with Crippen molar-refractivity contribution in [2.24, 2.45) is 5.41 Å². The third-order valence-electron chi connectivity index (χ3n) is 6.36. The maximum absolute atomic E-state index is 12.6. The summed E-state index contributed by atoms with van der Waals surface area (Å²) in [6, 6.07) is 0. The van der Waals surface area contributed by atoms with Gasteiger partial charge in [-0.2, -0.15) is 0 Å². The second-order valence-corrected chi connectivity index (χ2v) is 11.2. The van der Waals surface area contributed by atoms with Crippen molar-refractivity contribution in [2.45, 2.75) is 70.7 Å². The fourth-order valence-corrected chi connectivity index (χ4v) is 5.42. The standard InChI is InChI=1S/C18H29N5O3S/c1-13(2)27(25,26)22-8-4-14(5-9-22)16-20-19-15-12-21(10-11-23(15)16)17(24)18(3)6-7-18/h13-14H,4-12H2,1-3H3. The Morgan fingerprint density at radius 2 is 1.78 bits per heavy atom. The third-order valence-corrected chi connectivity index (χ3v) is 8.64. The van der Waals surface area contributed by atoms with Crippen LogP contribution in [-0.4, -0.2) is 63.2 Å². The summed E-state index contributed by atoms with van der Waals surface area (Å²) in [5, 5.41) is 8.39. The van der Waals surface area contributed by atoms with Crippen LogP contribution in [0.3, 0.4) is 0 Å². The van der Waals surface area contributed by atoms with E-state index in [1.807, 2.05) is 11.8 Å². The number of hydrogen-bond donors (Lipinski definition) is 0. The molecule has 1 saturated heterocycles. The first kappa shape index (κ1) is 18.9. The predicted octanol–water partition coefficient (Wildman–Crippen LogP) is 1.34. The van der Waals surface area contributed by atoms with Gasteiger partial charge in [0.05, 0.1) is 11.8 Å². The highest BCUT2D eigenvalue weighted by atomic mass is 32.2. The molecule has 0 N–H and O–H groups in total. The quantitative estimate of drug-likeness (QED) is 0.768. The monoisotopic (exact) mass is 395 g/mol. The Labute approximate surface area is 161 Å². The lowest BCUT2D eigenvalue weighted by Crippen LogP contribution is -2.43. The molecule has 1 aromatic rings. The van der Waals surface area contributed by atoms with E-state index in [2.05, 4.69) is 14.8 Å². The number of nitrogens with zero attached hydrogens (tertiary/aromatic N) is 5. The van der Waals surface area contributed by atoms with E-state index >= 15 is 0 Å². The van der Waals surface area contributed by atoms with Crippen LogP contribution in [0.2, 0.25) is 0 Å². The molecule has 1 aromatic heterocycles. The summed E-state index contributed by atoms with van der Waals surface area (Å²) in [7, 11) is -3.19. The number of fused-ring (bicyclic) bond motifs is 1. The van der Waals surface area contributed by atoms with Crippen molar-refractivity contribution in [3.05, 3.63) is 11.6 Å². The van der Waals surface area contributed by atoms with E-state index in [0.717, 1.165) is 43.9 Å². The van der Waals surface area contributed by atoms with Gasteiger partial charge in [0, 0.05) is 37.5 Å². The molecule has 4 rings (SSSR count). The first-order valence-corrected chi connectivity index (χ1v) is 11.4. The molecule has 1 aliphatic carbocycles. The Morgan fingerprint density at radius 3 is 2.37 bits per heavy atom. The number of piperidine rings is 1. The van der Waals surface area contributed by atoms with Gasteiger partial charge < -0.3 is 9.47 Å². The van der Waals surface area contributed by atoms with Gasteiger partial charge in [0.2, 0.25) is 15.9 Å². The molecule has 0 aromatic carbocycles. The summed E-state index contributed by atoms with van der Waals surface area (Å²) in [6.45, 7) is 8.53. The number of carbonyl (C=O) groups excluding carboxylic acids is 1. The molecule has 8 nitrogen and oxygen atoms in total. The SMILES string of the molecule is CC(C)S(=O)(=O)N1CCC(c2nnc3n2CCN(C(=O)C2(C)CC2)C3)CC1. The van der Waals surface area contributed by atoms with Gasteiger partial charge in [-0.1, -0.05) is 6.92 Å². The summed E-state index contributed by atoms with van der Waals surface area (Å²) in [5.74, 6) is 2.28. The smallest absolute Gasteiger partial charge is 0.228 e. The van der Waals surface area contributed by atoms with E-state index in [1.54, 1.807) is 18.2 Å². The Hall–Kier alpha value is -1.48. The lowest BCUT2D eigenvalue weighted by Gasteiger charge is -2.33. The van der Waals surface area contributed by atoms with Gasteiger partial charge in [0.15, 0.2) is 5.82 Å². The molecule has 0 unspecified atom stereocenters. The fourth-order valence-electron chi connectivity index (χ4n) is 4.11. The number of rotatable bonds is 4. The highest BCUT2D eigenvalue weighted by Gasteiger charge is 2.47. The van der Waals surface area contributed by atoms with Crippen molar-refractivity contribution < 1.29 is 13.2 Å². The molecule has 0 radical (unpaired) electrons. The van der Waals surface area contributed by atoms with E-state index in [4.69, 9.17) is 0 Å². The van der Waals surface area contributed by atoms with Crippen LogP contribution in [0.15, 0.2) is 0 Å². The first-order chi connectivity index (χ1) is 12.7. The van der Waals surface area contributed by atoms with Crippen LogP contribution in [0.25, 0.3) is 0 Å². The maximum atomic E-state index is 12.6. The number of sulfonamides is 1. The predicted molar refractivity (Wildman–Crippen MR) is 100 cm³/mol. The Balaban J connectivity index is 1.43. The van der Waals surface area contributed by atoms with Gasteiger partial charge in [-0.25, -0.2) is 12.7 Å². The molecule has 0 bridgehead atoms. The zero-order chi connectivity index (χ0) is 19.4. The lowest BCUT2D eigenvalue weighted by molar-refractivity contribution is -0.138. The van der Waals surface area contributed by atoms with Crippen LogP contribution in [-0.2, 0) is 27.9 Å². The summed E-state index contributed by atoms with van der Waals surface area (Å²) < 4.78 is 28.5. The lowest BCUT2D eigenvalue weighted by atomic mass is 9.97. The van der Waals surface area contributed by atoms with Crippen LogP contribution < -0.4 is 0 Å². The van der Waals surface area contributed by atoms with E-state index < -0.39 is 10.0 Å². The van der Waals surface area contributed by atoms with Gasteiger partial charge in [-0.15, -0.1) is 10.2 Å². The second-order valence-electron chi connectivity index (χ2n) is 8.68. The van der Waals surface area contributed by atoms with Crippen LogP contribution >= 0.6 is 0 Å². The molecular formula is C18H29N5O3S. The molecule has 150 valence electrons. The van der Waals surface area contributed by atoms with Crippen molar-refractivity contribution in [2.75, 3.05) is 19.6 Å². The normalized spacial score (nSPS) is 23.5. The van der Waals surface area contributed by atoms with Gasteiger partial charge in [0.1, 0.15) is 5.82 Å². The van der Waals surface area contributed by atoms with Crippen molar-refractivity contribution >= 4 is 15.9 Å². The van der Waals surface area contributed by atoms with Crippen molar-refractivity contribution in [1.29, 1.82) is 0 Å². The van der Waals surface area contributed by atoms with Crippen LogP contribution in [0.5, 0.6) is 0 Å². The maximum Gasteiger partial charge on any atom is 0.228 e. The minimum atomic E-state index is -3.19. The highest BCUT2D eigenvalue weighted by molar-refractivity contribution is 7.89.